The molecule has 0 N–H and O–H groups in total. The van der Waals surface area contributed by atoms with Crippen molar-refractivity contribution in [2.45, 2.75) is 91.0 Å². The van der Waals surface area contributed by atoms with Crippen LogP contribution in [0.5, 0.6) is 0 Å². The fraction of sp³-hybridized carbons (Fsp3) is 0.842. The fourth-order valence-electron chi connectivity index (χ4n) is 2.73. The Bertz CT molecular complexity index is 379. The Morgan fingerprint density at radius 3 is 2.48 bits per heavy atom. The van der Waals surface area contributed by atoms with Gasteiger partial charge in [-0.1, -0.05) is 49.9 Å². The van der Waals surface area contributed by atoms with Crippen LogP contribution in [-0.4, -0.2) is 18.6 Å². The molecule has 4 heteroatoms. The Morgan fingerprint density at radius 1 is 1.26 bits per heavy atom. The van der Waals surface area contributed by atoms with E-state index in [-0.39, 0.29) is 11.9 Å². The summed E-state index contributed by atoms with van der Waals surface area (Å²) in [6, 6.07) is 0. The molecule has 0 aromatic rings. The molecule has 0 rings (SSSR count). The second kappa shape index (κ2) is 12.3. The highest BCUT2D eigenvalue weighted by Crippen LogP contribution is 2.27. The zero-order valence-electron chi connectivity index (χ0n) is 15.7. The first-order valence-corrected chi connectivity index (χ1v) is 8.96. The Hall–Kier alpha value is -1.19. The highest BCUT2D eigenvalue weighted by molar-refractivity contribution is 5.71. The van der Waals surface area contributed by atoms with Crippen molar-refractivity contribution >= 4 is 5.97 Å². The van der Waals surface area contributed by atoms with Gasteiger partial charge in [-0.15, -0.1) is 0 Å². The minimum absolute atomic E-state index is 0.111. The van der Waals surface area contributed by atoms with Crippen LogP contribution >= 0.6 is 0 Å². The van der Waals surface area contributed by atoms with E-state index in [0.717, 1.165) is 44.9 Å². The van der Waals surface area contributed by atoms with Crippen molar-refractivity contribution in [3.8, 4) is 0 Å². The molecule has 134 valence electrons. The predicted molar refractivity (Wildman–Crippen MR) is 96.4 cm³/mol. The first-order chi connectivity index (χ1) is 10.9. The Kier molecular flexibility index (Phi) is 11.6. The highest BCUT2D eigenvalue weighted by atomic mass is 16.5. The third-order valence-corrected chi connectivity index (χ3v) is 4.51. The molecule has 0 saturated heterocycles. The van der Waals surface area contributed by atoms with Crippen LogP contribution in [0.2, 0.25) is 0 Å². The molecule has 0 radical (unpaired) electrons. The molecule has 0 spiro atoms. The van der Waals surface area contributed by atoms with E-state index in [1.807, 2.05) is 13.8 Å². The molecular weight excluding hydrogens is 290 g/mol. The van der Waals surface area contributed by atoms with Gasteiger partial charge in [0, 0.05) is 0 Å². The third kappa shape index (κ3) is 10.2. The second-order valence-corrected chi connectivity index (χ2v) is 6.95. The number of allylic oxidation sites excluding steroid dienone is 2. The van der Waals surface area contributed by atoms with Crippen LogP contribution < -0.4 is 0 Å². The van der Waals surface area contributed by atoms with Crippen LogP contribution in [0.15, 0.2) is 16.8 Å². The number of nitrogens with zero attached hydrogens (tertiary/aromatic N) is 1. The lowest BCUT2D eigenvalue weighted by Gasteiger charge is -2.22. The second-order valence-electron chi connectivity index (χ2n) is 6.95. The van der Waals surface area contributed by atoms with Crippen LogP contribution in [0.1, 0.15) is 85.5 Å². The highest BCUT2D eigenvalue weighted by Gasteiger charge is 2.25. The number of ether oxygens (including phenoxy) is 1. The molecule has 0 aliphatic rings. The lowest BCUT2D eigenvalue weighted by Crippen LogP contribution is -2.22. The summed E-state index contributed by atoms with van der Waals surface area (Å²) < 4.78 is 4.72. The predicted octanol–water partition coefficient (Wildman–Crippen LogP) is 5.80. The van der Waals surface area contributed by atoms with Crippen molar-refractivity contribution < 1.29 is 9.53 Å². The summed E-state index contributed by atoms with van der Waals surface area (Å²) >= 11 is 0. The van der Waals surface area contributed by atoms with Crippen LogP contribution in [-0.2, 0) is 9.53 Å². The fourth-order valence-corrected chi connectivity index (χ4v) is 2.73. The smallest absolute Gasteiger partial charge is 0.308 e. The molecule has 0 bridgehead atoms. The van der Waals surface area contributed by atoms with Crippen LogP contribution in [0.3, 0.4) is 0 Å². The number of nitroso groups, excluding NO2 is 1. The normalized spacial score (nSPS) is 15.8. The monoisotopic (exact) mass is 325 g/mol. The van der Waals surface area contributed by atoms with Gasteiger partial charge in [-0.3, -0.25) is 4.79 Å². The molecule has 23 heavy (non-hydrogen) atoms. The third-order valence-electron chi connectivity index (χ3n) is 4.51. The number of unbranched alkanes of at least 4 members (excludes halogenated alkanes) is 2. The van der Waals surface area contributed by atoms with Crippen LogP contribution in [0, 0.1) is 10.8 Å². The SMILES string of the molecule is CCCC/C=C(\C)CCCC(C)(CCCC(C)C(=O)OC)N=O. The number of hydrogen-bond acceptors (Lipinski definition) is 4. The van der Waals surface area contributed by atoms with Gasteiger partial charge >= 0.3 is 5.97 Å². The first-order valence-electron chi connectivity index (χ1n) is 8.96. The van der Waals surface area contributed by atoms with Gasteiger partial charge in [-0.2, -0.15) is 4.91 Å². The lowest BCUT2D eigenvalue weighted by atomic mass is 9.88. The topological polar surface area (TPSA) is 55.7 Å². The molecule has 0 aliphatic carbocycles. The number of esters is 1. The van der Waals surface area contributed by atoms with Crippen molar-refractivity contribution in [1.29, 1.82) is 0 Å². The minimum Gasteiger partial charge on any atom is -0.469 e. The molecule has 2 unspecified atom stereocenters. The minimum atomic E-state index is -0.514. The maximum absolute atomic E-state index is 11.4. The maximum Gasteiger partial charge on any atom is 0.308 e. The quantitative estimate of drug-likeness (QED) is 0.186. The number of hydrogen-bond donors (Lipinski definition) is 0. The zero-order chi connectivity index (χ0) is 17.7. The number of carbonyl (C=O) groups is 1. The van der Waals surface area contributed by atoms with Crippen molar-refractivity contribution in [3.63, 3.8) is 0 Å². The number of methoxy groups -OCH3 is 1. The number of rotatable bonds is 13. The van der Waals surface area contributed by atoms with Crippen molar-refractivity contribution in [2.75, 3.05) is 7.11 Å². The van der Waals surface area contributed by atoms with E-state index in [1.54, 1.807) is 0 Å². The Balaban J connectivity index is 4.12. The van der Waals surface area contributed by atoms with E-state index in [2.05, 4.69) is 25.1 Å². The average molecular weight is 325 g/mol. The Labute approximate surface area is 142 Å². The van der Waals surface area contributed by atoms with Crippen molar-refractivity contribution in [3.05, 3.63) is 16.6 Å². The zero-order valence-corrected chi connectivity index (χ0v) is 15.7. The summed E-state index contributed by atoms with van der Waals surface area (Å²) in [6.45, 7) is 8.16. The molecule has 0 heterocycles. The summed E-state index contributed by atoms with van der Waals surface area (Å²) in [5.41, 5.74) is 0.894. The van der Waals surface area contributed by atoms with Gasteiger partial charge in [0.15, 0.2) is 0 Å². The molecule has 0 aliphatic heterocycles. The molecule has 0 fully saturated rings. The van der Waals surface area contributed by atoms with E-state index in [0.29, 0.717) is 0 Å². The lowest BCUT2D eigenvalue weighted by molar-refractivity contribution is -0.145. The van der Waals surface area contributed by atoms with Gasteiger partial charge in [0.05, 0.1) is 18.6 Å². The van der Waals surface area contributed by atoms with E-state index in [4.69, 9.17) is 4.74 Å². The van der Waals surface area contributed by atoms with Gasteiger partial charge in [0.25, 0.3) is 0 Å². The Morgan fingerprint density at radius 2 is 1.91 bits per heavy atom. The van der Waals surface area contributed by atoms with Gasteiger partial charge in [-0.25, -0.2) is 0 Å². The van der Waals surface area contributed by atoms with E-state index >= 15 is 0 Å². The van der Waals surface area contributed by atoms with Crippen molar-refractivity contribution in [2.24, 2.45) is 11.1 Å². The van der Waals surface area contributed by atoms with E-state index < -0.39 is 5.54 Å². The molecular formula is C19H35NO3. The summed E-state index contributed by atoms with van der Waals surface area (Å²) in [4.78, 5) is 22.6. The summed E-state index contributed by atoms with van der Waals surface area (Å²) in [5.74, 6) is -0.293. The molecule has 0 saturated carbocycles. The molecule has 0 amide bonds. The molecule has 0 aromatic heterocycles. The van der Waals surface area contributed by atoms with Gasteiger partial charge in [0.2, 0.25) is 0 Å². The van der Waals surface area contributed by atoms with Gasteiger partial charge in [-0.05, 0) is 52.4 Å². The van der Waals surface area contributed by atoms with E-state index in [1.165, 1.54) is 25.5 Å². The summed E-state index contributed by atoms with van der Waals surface area (Å²) in [6.07, 6.45) is 11.1. The van der Waals surface area contributed by atoms with Crippen LogP contribution in [0.4, 0.5) is 0 Å². The molecule has 4 nitrogen and oxygen atoms in total. The average Bonchev–Trinajstić information content (AvgIpc) is 2.54. The summed E-state index contributed by atoms with van der Waals surface area (Å²) in [5, 5.41) is 3.37. The molecule has 0 aromatic carbocycles. The standard InChI is InChI=1S/C19H35NO3/c1-6-7-8-11-16(2)12-9-14-19(4,20-22)15-10-13-17(3)18(21)23-5/h11,17H,6-10,12-15H2,1-5H3/b16-11+. The number of carbonyl (C=O) groups excluding carboxylic acids is 1. The first kappa shape index (κ1) is 21.8. The largest absolute Gasteiger partial charge is 0.469 e. The molecule has 2 atom stereocenters. The van der Waals surface area contributed by atoms with Crippen molar-refractivity contribution in [1.82, 2.24) is 0 Å². The summed E-state index contributed by atoms with van der Waals surface area (Å²) in [7, 11) is 1.41. The van der Waals surface area contributed by atoms with Gasteiger partial charge < -0.3 is 4.74 Å². The maximum atomic E-state index is 11.4. The van der Waals surface area contributed by atoms with Crippen LogP contribution in [0.25, 0.3) is 0 Å². The van der Waals surface area contributed by atoms with Gasteiger partial charge in [0.1, 0.15) is 0 Å². The van der Waals surface area contributed by atoms with E-state index in [9.17, 15) is 9.70 Å².